The number of aryl methyl sites for hydroxylation is 2. The van der Waals surface area contributed by atoms with Crippen LogP contribution < -0.4 is 5.32 Å². The Labute approximate surface area is 128 Å². The number of hydrogen-bond donors (Lipinski definition) is 2. The number of aliphatic hydroxyl groups excluding tert-OH is 1. The van der Waals surface area contributed by atoms with E-state index in [1.807, 2.05) is 35.4 Å². The SMILES string of the molecule is CCCn1nc(C)c(C(=O)NCC(O)c2ccsc2)c1C. The molecule has 0 aliphatic carbocycles. The first-order chi connectivity index (χ1) is 10.0. The third-order valence-electron chi connectivity index (χ3n) is 3.43. The number of rotatable bonds is 6. The van der Waals surface area contributed by atoms with Gasteiger partial charge in [0, 0.05) is 18.8 Å². The van der Waals surface area contributed by atoms with E-state index in [0.29, 0.717) is 5.56 Å². The number of carbonyl (C=O) groups excluding carboxylic acids is 1. The number of aromatic nitrogens is 2. The molecule has 2 aromatic rings. The Bertz CT molecular complexity index is 605. The monoisotopic (exact) mass is 307 g/mol. The molecule has 2 rings (SSSR count). The quantitative estimate of drug-likeness (QED) is 0.861. The van der Waals surface area contributed by atoms with Gasteiger partial charge >= 0.3 is 0 Å². The number of thiophene rings is 1. The van der Waals surface area contributed by atoms with E-state index in [0.717, 1.165) is 29.9 Å². The second-order valence-electron chi connectivity index (χ2n) is 5.05. The lowest BCUT2D eigenvalue weighted by atomic mass is 10.1. The van der Waals surface area contributed by atoms with Crippen LogP contribution in [-0.4, -0.2) is 27.3 Å². The van der Waals surface area contributed by atoms with Gasteiger partial charge in [0.25, 0.3) is 5.91 Å². The number of hydrogen-bond acceptors (Lipinski definition) is 4. The van der Waals surface area contributed by atoms with Gasteiger partial charge in [0.05, 0.1) is 17.4 Å². The summed E-state index contributed by atoms with van der Waals surface area (Å²) in [5.41, 5.74) is 3.04. The van der Waals surface area contributed by atoms with Crippen LogP contribution >= 0.6 is 11.3 Å². The van der Waals surface area contributed by atoms with Crippen molar-refractivity contribution in [1.29, 1.82) is 0 Å². The second-order valence-corrected chi connectivity index (χ2v) is 5.83. The van der Waals surface area contributed by atoms with Gasteiger partial charge in [-0.1, -0.05) is 6.92 Å². The lowest BCUT2D eigenvalue weighted by molar-refractivity contribution is 0.0915. The topological polar surface area (TPSA) is 67.2 Å². The van der Waals surface area contributed by atoms with E-state index >= 15 is 0 Å². The van der Waals surface area contributed by atoms with Crippen LogP contribution in [0.3, 0.4) is 0 Å². The number of carbonyl (C=O) groups is 1. The van der Waals surface area contributed by atoms with Crippen molar-refractivity contribution in [3.8, 4) is 0 Å². The van der Waals surface area contributed by atoms with Crippen molar-refractivity contribution >= 4 is 17.2 Å². The molecule has 2 N–H and O–H groups in total. The zero-order valence-electron chi connectivity index (χ0n) is 12.6. The maximum atomic E-state index is 12.3. The summed E-state index contributed by atoms with van der Waals surface area (Å²) in [4.78, 5) is 12.3. The molecule has 0 saturated heterocycles. The zero-order valence-corrected chi connectivity index (χ0v) is 13.4. The highest BCUT2D eigenvalue weighted by molar-refractivity contribution is 7.07. The summed E-state index contributed by atoms with van der Waals surface area (Å²) in [5, 5.41) is 21.0. The average Bonchev–Trinajstić information content (AvgIpc) is 3.06. The summed E-state index contributed by atoms with van der Waals surface area (Å²) in [6.07, 6.45) is 0.298. The number of amides is 1. The Kier molecular flexibility index (Phi) is 5.14. The molecule has 0 spiro atoms. The fourth-order valence-corrected chi connectivity index (χ4v) is 3.02. The molecule has 2 heterocycles. The lowest BCUT2D eigenvalue weighted by Crippen LogP contribution is -2.29. The Morgan fingerprint density at radius 2 is 2.29 bits per heavy atom. The Morgan fingerprint density at radius 3 is 2.90 bits per heavy atom. The van der Waals surface area contributed by atoms with Gasteiger partial charge in [0.2, 0.25) is 0 Å². The van der Waals surface area contributed by atoms with E-state index in [4.69, 9.17) is 0 Å². The van der Waals surface area contributed by atoms with Gasteiger partial charge in [-0.2, -0.15) is 16.4 Å². The summed E-state index contributed by atoms with van der Waals surface area (Å²) >= 11 is 1.53. The molecule has 0 aliphatic heterocycles. The smallest absolute Gasteiger partial charge is 0.255 e. The van der Waals surface area contributed by atoms with E-state index in [1.54, 1.807) is 0 Å². The fraction of sp³-hybridized carbons (Fsp3) is 0.467. The molecule has 1 amide bonds. The summed E-state index contributed by atoms with van der Waals surface area (Å²) in [7, 11) is 0. The molecule has 0 radical (unpaired) electrons. The Hall–Kier alpha value is -1.66. The van der Waals surface area contributed by atoms with Gasteiger partial charge in [0.1, 0.15) is 0 Å². The molecular formula is C15H21N3O2S. The fourth-order valence-electron chi connectivity index (χ4n) is 2.32. The molecule has 6 heteroatoms. The van der Waals surface area contributed by atoms with Gasteiger partial charge in [-0.15, -0.1) is 0 Å². The molecule has 0 aromatic carbocycles. The number of nitrogens with one attached hydrogen (secondary N) is 1. The largest absolute Gasteiger partial charge is 0.387 e. The number of nitrogens with zero attached hydrogens (tertiary/aromatic N) is 2. The molecule has 0 aliphatic rings. The van der Waals surface area contributed by atoms with Crippen molar-refractivity contribution in [2.45, 2.75) is 39.8 Å². The van der Waals surface area contributed by atoms with E-state index in [1.165, 1.54) is 11.3 Å². The van der Waals surface area contributed by atoms with Crippen molar-refractivity contribution in [2.75, 3.05) is 6.54 Å². The van der Waals surface area contributed by atoms with Gasteiger partial charge in [-0.25, -0.2) is 0 Å². The third kappa shape index (κ3) is 3.51. The van der Waals surface area contributed by atoms with Crippen LogP contribution in [0.5, 0.6) is 0 Å². The molecule has 1 unspecified atom stereocenters. The van der Waals surface area contributed by atoms with Crippen LogP contribution in [0.15, 0.2) is 16.8 Å². The average molecular weight is 307 g/mol. The standard InChI is InChI=1S/C15H21N3O2S/c1-4-6-18-11(3)14(10(2)17-18)15(20)16-8-13(19)12-5-7-21-9-12/h5,7,9,13,19H,4,6,8H2,1-3H3,(H,16,20). The Morgan fingerprint density at radius 1 is 1.52 bits per heavy atom. The lowest BCUT2D eigenvalue weighted by Gasteiger charge is -2.11. The molecule has 1 atom stereocenters. The van der Waals surface area contributed by atoms with Crippen LogP contribution in [0.4, 0.5) is 0 Å². The van der Waals surface area contributed by atoms with Crippen LogP contribution in [0.2, 0.25) is 0 Å². The maximum Gasteiger partial charge on any atom is 0.255 e. The molecule has 2 aromatic heterocycles. The molecule has 0 bridgehead atoms. The van der Waals surface area contributed by atoms with Crippen molar-refractivity contribution in [3.63, 3.8) is 0 Å². The second kappa shape index (κ2) is 6.87. The van der Waals surface area contributed by atoms with Gasteiger partial charge in [-0.3, -0.25) is 9.48 Å². The predicted molar refractivity (Wildman–Crippen MR) is 83.6 cm³/mol. The summed E-state index contributed by atoms with van der Waals surface area (Å²) in [6, 6.07) is 1.86. The maximum absolute atomic E-state index is 12.3. The van der Waals surface area contributed by atoms with E-state index in [2.05, 4.69) is 17.3 Å². The van der Waals surface area contributed by atoms with Crippen LogP contribution in [0.1, 0.15) is 46.8 Å². The zero-order chi connectivity index (χ0) is 15.4. The highest BCUT2D eigenvalue weighted by Gasteiger charge is 2.19. The molecule has 0 fully saturated rings. The molecule has 114 valence electrons. The summed E-state index contributed by atoms with van der Waals surface area (Å²) in [6.45, 7) is 6.82. The minimum Gasteiger partial charge on any atom is -0.387 e. The first-order valence-corrected chi connectivity index (χ1v) is 8.01. The highest BCUT2D eigenvalue weighted by Crippen LogP contribution is 2.17. The summed E-state index contributed by atoms with van der Waals surface area (Å²) < 4.78 is 1.86. The van der Waals surface area contributed by atoms with Gasteiger partial charge in [0.15, 0.2) is 0 Å². The van der Waals surface area contributed by atoms with Crippen LogP contribution in [-0.2, 0) is 6.54 Å². The van der Waals surface area contributed by atoms with Crippen molar-refractivity contribution in [2.24, 2.45) is 0 Å². The predicted octanol–water partition coefficient (Wildman–Crippen LogP) is 2.43. The Balaban J connectivity index is 2.03. The van der Waals surface area contributed by atoms with E-state index in [9.17, 15) is 9.90 Å². The molecule has 21 heavy (non-hydrogen) atoms. The minimum absolute atomic E-state index is 0.179. The molecule has 5 nitrogen and oxygen atoms in total. The van der Waals surface area contributed by atoms with Crippen LogP contribution in [0.25, 0.3) is 0 Å². The molecular weight excluding hydrogens is 286 g/mol. The summed E-state index contributed by atoms with van der Waals surface area (Å²) in [5.74, 6) is -0.179. The first kappa shape index (κ1) is 15.7. The van der Waals surface area contributed by atoms with Gasteiger partial charge < -0.3 is 10.4 Å². The molecule has 0 saturated carbocycles. The first-order valence-electron chi connectivity index (χ1n) is 7.07. The minimum atomic E-state index is -0.675. The van der Waals surface area contributed by atoms with Crippen LogP contribution in [0, 0.1) is 13.8 Å². The van der Waals surface area contributed by atoms with Crippen molar-refractivity contribution < 1.29 is 9.90 Å². The highest BCUT2D eigenvalue weighted by atomic mass is 32.1. The van der Waals surface area contributed by atoms with E-state index < -0.39 is 6.10 Å². The third-order valence-corrected chi connectivity index (χ3v) is 4.13. The van der Waals surface area contributed by atoms with Gasteiger partial charge in [-0.05, 0) is 42.7 Å². The van der Waals surface area contributed by atoms with E-state index in [-0.39, 0.29) is 12.5 Å². The van der Waals surface area contributed by atoms with Crippen molar-refractivity contribution in [3.05, 3.63) is 39.3 Å². The number of aliphatic hydroxyl groups is 1. The normalized spacial score (nSPS) is 12.4. The van der Waals surface area contributed by atoms with Crippen molar-refractivity contribution in [1.82, 2.24) is 15.1 Å².